The summed E-state index contributed by atoms with van der Waals surface area (Å²) >= 11 is 0. The van der Waals surface area contributed by atoms with Crippen molar-refractivity contribution in [3.8, 4) is 0 Å². The topological polar surface area (TPSA) is 24.7 Å². The first kappa shape index (κ1) is 11.1. The van der Waals surface area contributed by atoms with E-state index in [0.717, 1.165) is 12.3 Å². The molecule has 0 aromatic carbocycles. The molecule has 0 aromatic rings. The average Bonchev–Trinajstić information content (AvgIpc) is 2.03. The molecule has 12 heavy (non-hydrogen) atoms. The average molecular weight is 166 g/mol. The quantitative estimate of drug-likeness (QED) is 0.453. The van der Waals surface area contributed by atoms with Crippen LogP contribution in [0.5, 0.6) is 0 Å². The third kappa shape index (κ3) is 4.83. The van der Waals surface area contributed by atoms with E-state index in [4.69, 9.17) is 0 Å². The normalized spacial score (nSPS) is 13.9. The molecule has 0 N–H and O–H groups in total. The van der Waals surface area contributed by atoms with Crippen LogP contribution in [-0.2, 0) is 0 Å². The molecule has 2 heteroatoms. The zero-order valence-electron chi connectivity index (χ0n) is 8.41. The number of nitrogens with zero attached hydrogens (tertiary/aromatic N) is 2. The Morgan fingerprint density at radius 1 is 1.42 bits per heavy atom. The van der Waals surface area contributed by atoms with E-state index in [1.54, 1.807) is 6.34 Å². The molecule has 0 saturated heterocycles. The zero-order valence-corrected chi connectivity index (χ0v) is 8.41. The molecular weight excluding hydrogens is 148 g/mol. The van der Waals surface area contributed by atoms with Crippen LogP contribution < -0.4 is 0 Å². The maximum absolute atomic E-state index is 4.24. The molecule has 0 fully saturated rings. The van der Waals surface area contributed by atoms with Crippen LogP contribution >= 0.6 is 0 Å². The van der Waals surface area contributed by atoms with Gasteiger partial charge in [0, 0.05) is 12.3 Å². The fraction of sp³-hybridized carbons (Fsp3) is 0.600. The Bertz CT molecular complexity index is 188. The lowest BCUT2D eigenvalue weighted by Crippen LogP contribution is -2.03. The van der Waals surface area contributed by atoms with Gasteiger partial charge in [-0.25, -0.2) is 4.99 Å². The zero-order chi connectivity index (χ0) is 9.40. The second-order valence-corrected chi connectivity index (χ2v) is 2.82. The molecule has 0 atom stereocenters. The predicted octanol–water partition coefficient (Wildman–Crippen LogP) is 2.71. The summed E-state index contributed by atoms with van der Waals surface area (Å²) in [6.07, 6.45) is 5.65. The molecule has 68 valence electrons. The first-order chi connectivity index (χ1) is 5.72. The molecule has 0 aliphatic rings. The van der Waals surface area contributed by atoms with Crippen LogP contribution in [0.4, 0.5) is 0 Å². The molecule has 0 spiro atoms. The van der Waals surface area contributed by atoms with Gasteiger partial charge in [-0.3, -0.25) is 4.99 Å². The maximum atomic E-state index is 4.24. The number of hydrogen-bond donors (Lipinski definition) is 0. The highest BCUT2D eigenvalue weighted by Gasteiger charge is 1.97. The third-order valence-electron chi connectivity index (χ3n) is 1.40. The lowest BCUT2D eigenvalue weighted by molar-refractivity contribution is 0.891. The number of allylic oxidation sites excluding steroid dienone is 2. The number of aliphatic imine (C=N–C) groups is 2. The summed E-state index contributed by atoms with van der Waals surface area (Å²) in [7, 11) is 0. The van der Waals surface area contributed by atoms with Gasteiger partial charge in [-0.15, -0.1) is 0 Å². The molecule has 0 heterocycles. The molecule has 0 radical (unpaired) electrons. The first-order valence-electron chi connectivity index (χ1n) is 4.41. The molecule has 0 saturated carbocycles. The summed E-state index contributed by atoms with van der Waals surface area (Å²) < 4.78 is 0. The molecule has 0 aromatic heterocycles. The van der Waals surface area contributed by atoms with E-state index in [1.165, 1.54) is 0 Å². The highest BCUT2D eigenvalue weighted by Crippen LogP contribution is 1.98. The SMILES string of the molecule is C/C=C/C(=NC=NCC)C(C)C. The van der Waals surface area contributed by atoms with E-state index in [1.807, 2.05) is 26.0 Å². The van der Waals surface area contributed by atoms with Crippen LogP contribution in [0.2, 0.25) is 0 Å². The summed E-state index contributed by atoms with van der Waals surface area (Å²) in [6, 6.07) is 0. The monoisotopic (exact) mass is 166 g/mol. The molecule has 0 amide bonds. The number of rotatable bonds is 4. The summed E-state index contributed by atoms with van der Waals surface area (Å²) in [5.74, 6) is 0.463. The molecule has 2 nitrogen and oxygen atoms in total. The highest BCUT2D eigenvalue weighted by atomic mass is 14.9. The maximum Gasteiger partial charge on any atom is 0.110 e. The van der Waals surface area contributed by atoms with Crippen molar-refractivity contribution in [3.63, 3.8) is 0 Å². The van der Waals surface area contributed by atoms with Gasteiger partial charge in [0.05, 0.1) is 0 Å². The van der Waals surface area contributed by atoms with Gasteiger partial charge in [-0.1, -0.05) is 19.9 Å². The standard InChI is InChI=1S/C10H18N2/c1-5-7-10(9(3)4)12-8-11-6-2/h5,7-9H,6H2,1-4H3/b7-5+,11-8?,12-10?. The molecule has 0 rings (SSSR count). The van der Waals surface area contributed by atoms with Crippen LogP contribution in [0.25, 0.3) is 0 Å². The van der Waals surface area contributed by atoms with Gasteiger partial charge in [-0.05, 0) is 25.8 Å². The molecular formula is C10H18N2. The fourth-order valence-electron chi connectivity index (χ4n) is 0.744. The largest absolute Gasteiger partial charge is 0.274 e. The minimum atomic E-state index is 0.463. The molecule has 0 unspecified atom stereocenters. The van der Waals surface area contributed by atoms with Gasteiger partial charge in [0.25, 0.3) is 0 Å². The fourth-order valence-corrected chi connectivity index (χ4v) is 0.744. The Labute approximate surface area is 75.1 Å². The van der Waals surface area contributed by atoms with E-state index in [0.29, 0.717) is 5.92 Å². The van der Waals surface area contributed by atoms with Crippen molar-refractivity contribution in [3.05, 3.63) is 12.2 Å². The second kappa shape index (κ2) is 6.77. The third-order valence-corrected chi connectivity index (χ3v) is 1.40. The summed E-state index contributed by atoms with van der Waals surface area (Å²) in [4.78, 5) is 8.27. The molecule has 0 bridgehead atoms. The van der Waals surface area contributed by atoms with Crippen LogP contribution in [0.1, 0.15) is 27.7 Å². The summed E-state index contributed by atoms with van der Waals surface area (Å²) in [6.45, 7) is 9.04. The van der Waals surface area contributed by atoms with Gasteiger partial charge in [0.1, 0.15) is 6.34 Å². The Hall–Kier alpha value is -0.920. The minimum Gasteiger partial charge on any atom is -0.274 e. The lowest BCUT2D eigenvalue weighted by atomic mass is 10.1. The van der Waals surface area contributed by atoms with Gasteiger partial charge in [-0.2, -0.15) is 0 Å². The van der Waals surface area contributed by atoms with Crippen LogP contribution in [-0.4, -0.2) is 18.6 Å². The lowest BCUT2D eigenvalue weighted by Gasteiger charge is -2.01. The van der Waals surface area contributed by atoms with Crippen molar-refractivity contribution in [1.82, 2.24) is 0 Å². The highest BCUT2D eigenvalue weighted by molar-refractivity contribution is 6.00. The van der Waals surface area contributed by atoms with E-state index < -0.39 is 0 Å². The van der Waals surface area contributed by atoms with Crippen molar-refractivity contribution in [2.75, 3.05) is 6.54 Å². The van der Waals surface area contributed by atoms with E-state index in [2.05, 4.69) is 23.8 Å². The molecule has 0 aliphatic heterocycles. The summed E-state index contributed by atoms with van der Waals surface area (Å²) in [5.41, 5.74) is 1.08. The van der Waals surface area contributed by atoms with Crippen molar-refractivity contribution in [2.45, 2.75) is 27.7 Å². The van der Waals surface area contributed by atoms with Gasteiger partial charge < -0.3 is 0 Å². The predicted molar refractivity (Wildman–Crippen MR) is 56.1 cm³/mol. The summed E-state index contributed by atoms with van der Waals surface area (Å²) in [5, 5.41) is 0. The van der Waals surface area contributed by atoms with Crippen LogP contribution in [0.3, 0.4) is 0 Å². The van der Waals surface area contributed by atoms with Gasteiger partial charge >= 0.3 is 0 Å². The Kier molecular flexibility index (Phi) is 6.25. The first-order valence-corrected chi connectivity index (χ1v) is 4.41. The second-order valence-electron chi connectivity index (χ2n) is 2.82. The molecule has 0 aliphatic carbocycles. The Balaban J connectivity index is 4.28. The smallest absolute Gasteiger partial charge is 0.110 e. The minimum absolute atomic E-state index is 0.463. The van der Waals surface area contributed by atoms with Crippen molar-refractivity contribution < 1.29 is 0 Å². The number of hydrogen-bond acceptors (Lipinski definition) is 1. The van der Waals surface area contributed by atoms with Gasteiger partial charge in [0.15, 0.2) is 0 Å². The van der Waals surface area contributed by atoms with Gasteiger partial charge in [0.2, 0.25) is 0 Å². The van der Waals surface area contributed by atoms with E-state index in [-0.39, 0.29) is 0 Å². The Morgan fingerprint density at radius 2 is 2.08 bits per heavy atom. The van der Waals surface area contributed by atoms with Crippen LogP contribution in [0, 0.1) is 5.92 Å². The van der Waals surface area contributed by atoms with E-state index in [9.17, 15) is 0 Å². The van der Waals surface area contributed by atoms with Crippen molar-refractivity contribution in [1.29, 1.82) is 0 Å². The van der Waals surface area contributed by atoms with Crippen LogP contribution in [0.15, 0.2) is 22.1 Å². The van der Waals surface area contributed by atoms with Crippen molar-refractivity contribution >= 4 is 12.1 Å². The van der Waals surface area contributed by atoms with Crippen molar-refractivity contribution in [2.24, 2.45) is 15.9 Å². The van der Waals surface area contributed by atoms with E-state index >= 15 is 0 Å². The Morgan fingerprint density at radius 3 is 2.50 bits per heavy atom.